The van der Waals surface area contributed by atoms with E-state index in [4.69, 9.17) is 10.5 Å². The standard InChI is InChI=1S/C19H30N4O3/c1-15(18(20)16-6-4-3-5-7-16)19(25)23-11-9-22(10-12-23)14-17(24)21-8-13-26-2/h3-7,15,18H,8-14,20H2,1-2H3,(H,21,24). The van der Waals surface area contributed by atoms with Gasteiger partial charge in [-0.2, -0.15) is 0 Å². The minimum atomic E-state index is -0.312. The Kier molecular flexibility index (Phi) is 8.03. The molecule has 1 aliphatic heterocycles. The Labute approximate surface area is 155 Å². The highest BCUT2D eigenvalue weighted by atomic mass is 16.5. The zero-order valence-electron chi connectivity index (χ0n) is 15.7. The summed E-state index contributed by atoms with van der Waals surface area (Å²) in [7, 11) is 1.60. The molecule has 2 amide bonds. The van der Waals surface area contributed by atoms with E-state index in [0.29, 0.717) is 45.9 Å². The first-order valence-electron chi connectivity index (χ1n) is 9.10. The number of ether oxygens (including phenoxy) is 1. The lowest BCUT2D eigenvalue weighted by atomic mass is 9.94. The maximum atomic E-state index is 12.8. The van der Waals surface area contributed by atoms with Crippen molar-refractivity contribution in [2.24, 2.45) is 11.7 Å². The van der Waals surface area contributed by atoms with Crippen LogP contribution in [-0.4, -0.2) is 74.6 Å². The Morgan fingerprint density at radius 1 is 1.19 bits per heavy atom. The van der Waals surface area contributed by atoms with E-state index >= 15 is 0 Å². The summed E-state index contributed by atoms with van der Waals surface area (Å²) in [5.41, 5.74) is 7.25. The lowest BCUT2D eigenvalue weighted by molar-refractivity contribution is -0.137. The summed E-state index contributed by atoms with van der Waals surface area (Å²) in [6.07, 6.45) is 0. The molecule has 2 unspecified atom stereocenters. The third-order valence-electron chi connectivity index (χ3n) is 4.79. The number of carbonyl (C=O) groups is 2. The number of piperazine rings is 1. The lowest BCUT2D eigenvalue weighted by Gasteiger charge is -2.36. The van der Waals surface area contributed by atoms with Crippen LogP contribution >= 0.6 is 0 Å². The molecule has 0 aromatic heterocycles. The van der Waals surface area contributed by atoms with Crippen LogP contribution < -0.4 is 11.1 Å². The monoisotopic (exact) mass is 362 g/mol. The largest absolute Gasteiger partial charge is 0.383 e. The second-order valence-corrected chi connectivity index (χ2v) is 6.67. The van der Waals surface area contributed by atoms with E-state index in [2.05, 4.69) is 10.2 Å². The molecule has 1 heterocycles. The number of nitrogens with zero attached hydrogens (tertiary/aromatic N) is 2. The Morgan fingerprint density at radius 3 is 2.46 bits per heavy atom. The van der Waals surface area contributed by atoms with Crippen molar-refractivity contribution >= 4 is 11.8 Å². The number of nitrogens with two attached hydrogens (primary N) is 1. The predicted octanol–water partition coefficient (Wildman–Crippen LogP) is 0.229. The summed E-state index contributed by atoms with van der Waals surface area (Å²) in [6, 6.07) is 9.40. The number of rotatable bonds is 8. The fourth-order valence-electron chi connectivity index (χ4n) is 3.08. The molecule has 1 aromatic rings. The van der Waals surface area contributed by atoms with Gasteiger partial charge in [0.05, 0.1) is 19.1 Å². The molecule has 0 aliphatic carbocycles. The van der Waals surface area contributed by atoms with Gasteiger partial charge in [0, 0.05) is 45.9 Å². The summed E-state index contributed by atoms with van der Waals surface area (Å²) < 4.78 is 4.91. The molecule has 0 saturated carbocycles. The van der Waals surface area contributed by atoms with Gasteiger partial charge in [0.15, 0.2) is 0 Å². The molecule has 0 radical (unpaired) electrons. The minimum Gasteiger partial charge on any atom is -0.383 e. The maximum Gasteiger partial charge on any atom is 0.234 e. The lowest BCUT2D eigenvalue weighted by Crippen LogP contribution is -2.53. The van der Waals surface area contributed by atoms with E-state index in [-0.39, 0.29) is 23.8 Å². The third kappa shape index (κ3) is 5.79. The average molecular weight is 362 g/mol. The molecule has 1 aromatic carbocycles. The Hall–Kier alpha value is -1.96. The molecule has 1 fully saturated rings. The molecule has 0 spiro atoms. The van der Waals surface area contributed by atoms with E-state index in [0.717, 1.165) is 5.56 Å². The average Bonchev–Trinajstić information content (AvgIpc) is 2.67. The van der Waals surface area contributed by atoms with Crippen molar-refractivity contribution in [3.63, 3.8) is 0 Å². The van der Waals surface area contributed by atoms with Crippen LogP contribution in [-0.2, 0) is 14.3 Å². The summed E-state index contributed by atoms with van der Waals surface area (Å²) in [6.45, 7) is 5.89. The van der Waals surface area contributed by atoms with Crippen molar-refractivity contribution < 1.29 is 14.3 Å². The van der Waals surface area contributed by atoms with Crippen LogP contribution in [0.5, 0.6) is 0 Å². The number of hydrogen-bond acceptors (Lipinski definition) is 5. The highest BCUT2D eigenvalue weighted by Gasteiger charge is 2.29. The quantitative estimate of drug-likeness (QED) is 0.647. The van der Waals surface area contributed by atoms with Crippen molar-refractivity contribution in [2.45, 2.75) is 13.0 Å². The first kappa shape index (κ1) is 20.4. The van der Waals surface area contributed by atoms with Crippen LogP contribution in [0.2, 0.25) is 0 Å². The van der Waals surface area contributed by atoms with E-state index in [1.54, 1.807) is 7.11 Å². The maximum absolute atomic E-state index is 12.8. The molecule has 1 saturated heterocycles. The van der Waals surface area contributed by atoms with Crippen molar-refractivity contribution in [2.75, 3.05) is 53.0 Å². The number of methoxy groups -OCH3 is 1. The van der Waals surface area contributed by atoms with Gasteiger partial charge in [-0.25, -0.2) is 0 Å². The number of hydrogen-bond donors (Lipinski definition) is 2. The minimum absolute atomic E-state index is 0.0127. The van der Waals surface area contributed by atoms with Crippen LogP contribution in [0.3, 0.4) is 0 Å². The van der Waals surface area contributed by atoms with Crippen LogP contribution in [0.25, 0.3) is 0 Å². The molecule has 7 nitrogen and oxygen atoms in total. The molecule has 2 atom stereocenters. The van der Waals surface area contributed by atoms with Gasteiger partial charge in [-0.05, 0) is 5.56 Å². The highest BCUT2D eigenvalue weighted by molar-refractivity contribution is 5.80. The molecule has 0 bridgehead atoms. The van der Waals surface area contributed by atoms with Gasteiger partial charge in [0.2, 0.25) is 11.8 Å². The van der Waals surface area contributed by atoms with Crippen LogP contribution in [0.1, 0.15) is 18.5 Å². The SMILES string of the molecule is COCCNC(=O)CN1CCN(C(=O)C(C)C(N)c2ccccc2)CC1. The van der Waals surface area contributed by atoms with Gasteiger partial charge in [0.1, 0.15) is 0 Å². The first-order valence-corrected chi connectivity index (χ1v) is 9.10. The van der Waals surface area contributed by atoms with Crippen LogP contribution in [0.4, 0.5) is 0 Å². The molecule has 3 N–H and O–H groups in total. The van der Waals surface area contributed by atoms with Gasteiger partial charge in [-0.1, -0.05) is 37.3 Å². The number of carbonyl (C=O) groups excluding carboxylic acids is 2. The molecule has 7 heteroatoms. The van der Waals surface area contributed by atoms with Gasteiger partial charge in [0.25, 0.3) is 0 Å². The molecular weight excluding hydrogens is 332 g/mol. The van der Waals surface area contributed by atoms with Crippen molar-refractivity contribution in [1.82, 2.24) is 15.1 Å². The van der Waals surface area contributed by atoms with Crippen molar-refractivity contribution in [3.8, 4) is 0 Å². The molecule has 2 rings (SSSR count). The van der Waals surface area contributed by atoms with Crippen LogP contribution in [0, 0.1) is 5.92 Å². The molecule has 26 heavy (non-hydrogen) atoms. The van der Waals surface area contributed by atoms with E-state index in [1.165, 1.54) is 0 Å². The fourth-order valence-corrected chi connectivity index (χ4v) is 3.08. The fraction of sp³-hybridized carbons (Fsp3) is 0.579. The zero-order valence-corrected chi connectivity index (χ0v) is 15.7. The van der Waals surface area contributed by atoms with Crippen molar-refractivity contribution in [1.29, 1.82) is 0 Å². The van der Waals surface area contributed by atoms with E-state index < -0.39 is 0 Å². The normalized spacial score (nSPS) is 17.6. The van der Waals surface area contributed by atoms with Gasteiger partial charge in [-0.3, -0.25) is 14.5 Å². The topological polar surface area (TPSA) is 87.9 Å². The van der Waals surface area contributed by atoms with Crippen molar-refractivity contribution in [3.05, 3.63) is 35.9 Å². The molecule has 1 aliphatic rings. The number of benzene rings is 1. The summed E-state index contributed by atoms with van der Waals surface area (Å²) >= 11 is 0. The summed E-state index contributed by atoms with van der Waals surface area (Å²) in [5, 5.41) is 2.81. The Bertz CT molecular complexity index is 573. The van der Waals surface area contributed by atoms with Gasteiger partial charge < -0.3 is 20.7 Å². The molecule has 144 valence electrons. The summed E-state index contributed by atoms with van der Waals surface area (Å²) in [5.74, 6) is -0.215. The Morgan fingerprint density at radius 2 is 1.85 bits per heavy atom. The first-order chi connectivity index (χ1) is 12.5. The summed E-state index contributed by atoms with van der Waals surface area (Å²) in [4.78, 5) is 28.5. The number of nitrogens with one attached hydrogen (secondary N) is 1. The Balaban J connectivity index is 1.78. The van der Waals surface area contributed by atoms with E-state index in [1.807, 2.05) is 42.2 Å². The number of amides is 2. The predicted molar refractivity (Wildman–Crippen MR) is 100 cm³/mol. The van der Waals surface area contributed by atoms with E-state index in [9.17, 15) is 9.59 Å². The zero-order chi connectivity index (χ0) is 18.9. The third-order valence-corrected chi connectivity index (χ3v) is 4.79. The second kappa shape index (κ2) is 10.3. The highest BCUT2D eigenvalue weighted by Crippen LogP contribution is 2.21. The van der Waals surface area contributed by atoms with Gasteiger partial charge in [-0.15, -0.1) is 0 Å². The smallest absolute Gasteiger partial charge is 0.234 e. The van der Waals surface area contributed by atoms with Crippen LogP contribution in [0.15, 0.2) is 30.3 Å². The molecular formula is C19H30N4O3. The van der Waals surface area contributed by atoms with Gasteiger partial charge >= 0.3 is 0 Å². The second-order valence-electron chi connectivity index (χ2n) is 6.67.